The SMILES string of the molecule is CC(C)c1ccc(/C(N)=C/C=N\CNS(=O)(=O)c2ccc(C(C)(C)C)cc2)cc1. The first-order valence-electron chi connectivity index (χ1n) is 9.67. The topological polar surface area (TPSA) is 84.5 Å². The number of hydrogen-bond acceptors (Lipinski definition) is 4. The average molecular weight is 414 g/mol. The van der Waals surface area contributed by atoms with Crippen molar-refractivity contribution in [1.29, 1.82) is 0 Å². The summed E-state index contributed by atoms with van der Waals surface area (Å²) < 4.78 is 27.2. The highest BCUT2D eigenvalue weighted by molar-refractivity contribution is 7.89. The maximum Gasteiger partial charge on any atom is 0.242 e. The molecule has 0 saturated heterocycles. The molecule has 0 bridgehead atoms. The predicted molar refractivity (Wildman–Crippen MR) is 122 cm³/mol. The van der Waals surface area contributed by atoms with Gasteiger partial charge in [0.25, 0.3) is 0 Å². The first-order valence-corrected chi connectivity index (χ1v) is 11.1. The molecular formula is C23H31N3O2S. The molecular weight excluding hydrogens is 382 g/mol. The van der Waals surface area contributed by atoms with E-state index in [-0.39, 0.29) is 17.0 Å². The van der Waals surface area contributed by atoms with Gasteiger partial charge in [-0.15, -0.1) is 0 Å². The quantitative estimate of drug-likeness (QED) is 0.659. The minimum absolute atomic E-state index is 0.0264. The lowest BCUT2D eigenvalue weighted by atomic mass is 9.87. The van der Waals surface area contributed by atoms with Crippen LogP contribution in [-0.4, -0.2) is 21.3 Å². The van der Waals surface area contributed by atoms with Crippen LogP contribution in [-0.2, 0) is 15.4 Å². The zero-order valence-corrected chi connectivity index (χ0v) is 18.6. The predicted octanol–water partition coefficient (Wildman–Crippen LogP) is 4.41. The van der Waals surface area contributed by atoms with Crippen LogP contribution in [0.4, 0.5) is 0 Å². The number of benzene rings is 2. The summed E-state index contributed by atoms with van der Waals surface area (Å²) >= 11 is 0. The molecule has 2 rings (SSSR count). The number of nitrogens with one attached hydrogen (secondary N) is 1. The van der Waals surface area contributed by atoms with Crippen molar-refractivity contribution >= 4 is 21.9 Å². The molecule has 0 saturated carbocycles. The van der Waals surface area contributed by atoms with E-state index in [0.717, 1.165) is 11.1 Å². The van der Waals surface area contributed by atoms with Crippen LogP contribution in [0.1, 0.15) is 57.2 Å². The Hall–Kier alpha value is -2.44. The highest BCUT2D eigenvalue weighted by Gasteiger charge is 2.17. The molecule has 0 radical (unpaired) electrons. The van der Waals surface area contributed by atoms with Crippen molar-refractivity contribution in [2.24, 2.45) is 10.7 Å². The van der Waals surface area contributed by atoms with Crippen molar-refractivity contribution in [2.45, 2.75) is 50.8 Å². The second-order valence-corrected chi connectivity index (χ2v) is 10.1. The van der Waals surface area contributed by atoms with E-state index in [0.29, 0.717) is 11.6 Å². The van der Waals surface area contributed by atoms with Gasteiger partial charge in [-0.3, -0.25) is 4.99 Å². The summed E-state index contributed by atoms with van der Waals surface area (Å²) in [4.78, 5) is 4.30. The van der Waals surface area contributed by atoms with E-state index >= 15 is 0 Å². The molecule has 0 aromatic heterocycles. The van der Waals surface area contributed by atoms with E-state index in [2.05, 4.69) is 56.5 Å². The van der Waals surface area contributed by atoms with Crippen LogP contribution in [0.2, 0.25) is 0 Å². The first-order chi connectivity index (χ1) is 13.5. The fraction of sp³-hybridized carbons (Fsp3) is 0.348. The number of rotatable bonds is 7. The second-order valence-electron chi connectivity index (χ2n) is 8.31. The summed E-state index contributed by atoms with van der Waals surface area (Å²) in [5.41, 5.74) is 9.84. The summed E-state index contributed by atoms with van der Waals surface area (Å²) in [5, 5.41) is 0. The molecule has 0 aliphatic carbocycles. The molecule has 0 amide bonds. The summed E-state index contributed by atoms with van der Waals surface area (Å²) in [6.45, 7) is 10.5. The summed E-state index contributed by atoms with van der Waals surface area (Å²) in [6.07, 6.45) is 3.17. The molecule has 0 fully saturated rings. The van der Waals surface area contributed by atoms with E-state index in [1.807, 2.05) is 24.3 Å². The number of sulfonamides is 1. The molecule has 5 nitrogen and oxygen atoms in total. The summed E-state index contributed by atoms with van der Waals surface area (Å²) in [5.74, 6) is 0.466. The Bertz CT molecular complexity index is 966. The summed E-state index contributed by atoms with van der Waals surface area (Å²) in [6, 6.07) is 15.0. The van der Waals surface area contributed by atoms with Crippen molar-refractivity contribution in [1.82, 2.24) is 4.72 Å². The fourth-order valence-electron chi connectivity index (χ4n) is 2.68. The molecule has 6 heteroatoms. The molecule has 3 N–H and O–H groups in total. The van der Waals surface area contributed by atoms with E-state index in [1.165, 1.54) is 11.8 Å². The van der Waals surface area contributed by atoms with Gasteiger partial charge in [0.1, 0.15) is 6.67 Å². The molecule has 0 atom stereocenters. The van der Waals surface area contributed by atoms with Crippen LogP contribution in [0.5, 0.6) is 0 Å². The lowest BCUT2D eigenvalue weighted by molar-refractivity contribution is 0.579. The average Bonchev–Trinajstić information content (AvgIpc) is 2.67. The van der Waals surface area contributed by atoms with E-state index in [4.69, 9.17) is 5.73 Å². The number of nitrogens with zero attached hydrogens (tertiary/aromatic N) is 1. The minimum Gasteiger partial charge on any atom is -0.398 e. The molecule has 0 heterocycles. The lowest BCUT2D eigenvalue weighted by Crippen LogP contribution is -2.24. The Balaban J connectivity index is 1.95. The Labute approximate surface area is 174 Å². The molecule has 2 aromatic rings. The summed E-state index contributed by atoms with van der Waals surface area (Å²) in [7, 11) is -3.60. The molecule has 0 spiro atoms. The van der Waals surface area contributed by atoms with Gasteiger partial charge in [0.2, 0.25) is 10.0 Å². The third-order valence-electron chi connectivity index (χ3n) is 4.65. The second kappa shape index (κ2) is 9.37. The van der Waals surface area contributed by atoms with Crippen LogP contribution in [0.15, 0.2) is 64.5 Å². The highest BCUT2D eigenvalue weighted by Crippen LogP contribution is 2.23. The largest absolute Gasteiger partial charge is 0.398 e. The first kappa shape index (κ1) is 22.8. The highest BCUT2D eigenvalue weighted by atomic mass is 32.2. The molecule has 2 aromatic carbocycles. The van der Waals surface area contributed by atoms with Crippen molar-refractivity contribution in [3.63, 3.8) is 0 Å². The van der Waals surface area contributed by atoms with Gasteiger partial charge in [-0.25, -0.2) is 8.42 Å². The fourth-order valence-corrected chi connectivity index (χ4v) is 3.59. The van der Waals surface area contributed by atoms with Gasteiger partial charge in [0, 0.05) is 11.9 Å². The van der Waals surface area contributed by atoms with Gasteiger partial charge >= 0.3 is 0 Å². The van der Waals surface area contributed by atoms with Crippen molar-refractivity contribution in [3.8, 4) is 0 Å². The van der Waals surface area contributed by atoms with Gasteiger partial charge in [-0.2, -0.15) is 4.72 Å². The third kappa shape index (κ3) is 6.54. The maximum absolute atomic E-state index is 12.4. The van der Waals surface area contributed by atoms with Gasteiger partial charge in [0.05, 0.1) is 4.90 Å². The third-order valence-corrected chi connectivity index (χ3v) is 6.05. The zero-order chi connectivity index (χ0) is 21.7. The minimum atomic E-state index is -3.60. The van der Waals surface area contributed by atoms with Crippen molar-refractivity contribution in [2.75, 3.05) is 6.67 Å². The van der Waals surface area contributed by atoms with Gasteiger partial charge in [-0.1, -0.05) is 71.0 Å². The Morgan fingerprint density at radius 3 is 2.17 bits per heavy atom. The van der Waals surface area contributed by atoms with Crippen molar-refractivity contribution in [3.05, 3.63) is 71.3 Å². The number of nitrogens with two attached hydrogens (primary N) is 1. The van der Waals surface area contributed by atoms with E-state index < -0.39 is 10.0 Å². The molecule has 29 heavy (non-hydrogen) atoms. The lowest BCUT2D eigenvalue weighted by Gasteiger charge is -2.19. The molecule has 0 aliphatic rings. The monoisotopic (exact) mass is 413 g/mol. The van der Waals surface area contributed by atoms with Crippen LogP contribution < -0.4 is 10.5 Å². The molecule has 0 unspecified atom stereocenters. The maximum atomic E-state index is 12.4. The van der Waals surface area contributed by atoms with Crippen LogP contribution in [0.3, 0.4) is 0 Å². The number of allylic oxidation sites excluding steroid dienone is 1. The zero-order valence-electron chi connectivity index (χ0n) is 17.8. The molecule has 0 aliphatic heterocycles. The molecule has 156 valence electrons. The smallest absolute Gasteiger partial charge is 0.242 e. The van der Waals surface area contributed by atoms with Crippen LogP contribution in [0.25, 0.3) is 5.70 Å². The number of hydrogen-bond donors (Lipinski definition) is 2. The van der Waals surface area contributed by atoms with Crippen LogP contribution >= 0.6 is 0 Å². The Morgan fingerprint density at radius 2 is 1.66 bits per heavy atom. The van der Waals surface area contributed by atoms with Crippen LogP contribution in [0, 0.1) is 0 Å². The van der Waals surface area contributed by atoms with Gasteiger partial charge in [0.15, 0.2) is 0 Å². The van der Waals surface area contributed by atoms with E-state index in [1.54, 1.807) is 18.2 Å². The van der Waals surface area contributed by atoms with E-state index in [9.17, 15) is 8.42 Å². The Kier molecular flexibility index (Phi) is 7.38. The van der Waals surface area contributed by atoms with Gasteiger partial charge < -0.3 is 5.73 Å². The normalized spacial score (nSPS) is 13.4. The standard InChI is InChI=1S/C23H31N3O2S/c1-17(2)18-6-8-19(9-7-18)22(24)14-15-25-16-26-29(27,28)21-12-10-20(11-13-21)23(3,4)5/h6-15,17,26H,16,24H2,1-5H3/b22-14-,25-15-. The Morgan fingerprint density at radius 1 is 1.07 bits per heavy atom. The van der Waals surface area contributed by atoms with Gasteiger partial charge in [-0.05, 0) is 46.2 Å². The van der Waals surface area contributed by atoms with Crippen molar-refractivity contribution < 1.29 is 8.42 Å². The number of aliphatic imine (C=N–C) groups is 1.